The molecule has 0 spiro atoms. The van der Waals surface area contributed by atoms with E-state index in [-0.39, 0.29) is 10.8 Å². The van der Waals surface area contributed by atoms with E-state index in [0.717, 1.165) is 16.9 Å². The lowest BCUT2D eigenvalue weighted by Gasteiger charge is -2.17. The molecule has 3 aromatic carbocycles. The molecule has 0 aliphatic rings. The zero-order chi connectivity index (χ0) is 23.0. The number of hydrogen-bond acceptors (Lipinski definition) is 6. The van der Waals surface area contributed by atoms with E-state index in [9.17, 15) is 5.11 Å². The second-order valence-electron chi connectivity index (χ2n) is 7.25. The van der Waals surface area contributed by atoms with Crippen LogP contribution in [0.5, 0.6) is 17.2 Å². The van der Waals surface area contributed by atoms with E-state index < -0.39 is 6.10 Å². The van der Waals surface area contributed by atoms with Crippen molar-refractivity contribution >= 4 is 11.6 Å². The predicted molar refractivity (Wildman–Crippen MR) is 126 cm³/mol. The highest BCUT2D eigenvalue weighted by atomic mass is 35.5. The zero-order valence-corrected chi connectivity index (χ0v) is 18.8. The van der Waals surface area contributed by atoms with Gasteiger partial charge >= 0.3 is 0 Å². The van der Waals surface area contributed by atoms with Crippen LogP contribution < -0.4 is 14.2 Å². The SMILES string of the molecule is COc1ccc(COc2ccc(C(O)c3nccnc3Cl)cc2OCc2ccccc2)cc1. The standard InChI is InChI=1S/C26H23ClN2O4/c1-31-21-10-7-19(8-11-21)17-32-22-12-9-20(25(30)24-26(27)29-14-13-28-24)15-23(22)33-16-18-5-3-2-4-6-18/h2-15,25,30H,16-17H2,1H3. The molecule has 1 aromatic heterocycles. The molecule has 0 bridgehead atoms. The highest BCUT2D eigenvalue weighted by Crippen LogP contribution is 2.34. The van der Waals surface area contributed by atoms with Gasteiger partial charge < -0.3 is 19.3 Å². The normalized spacial score (nSPS) is 11.6. The number of benzene rings is 3. The third-order valence-electron chi connectivity index (χ3n) is 5.01. The molecule has 6 nitrogen and oxygen atoms in total. The van der Waals surface area contributed by atoms with Gasteiger partial charge in [-0.05, 0) is 41.0 Å². The van der Waals surface area contributed by atoms with Crippen molar-refractivity contribution in [2.45, 2.75) is 19.3 Å². The Morgan fingerprint density at radius 1 is 0.818 bits per heavy atom. The van der Waals surface area contributed by atoms with Crippen LogP contribution in [0.1, 0.15) is 28.5 Å². The van der Waals surface area contributed by atoms with Crippen molar-refractivity contribution in [3.05, 3.63) is 113 Å². The van der Waals surface area contributed by atoms with Crippen molar-refractivity contribution in [3.8, 4) is 17.2 Å². The summed E-state index contributed by atoms with van der Waals surface area (Å²) < 4.78 is 17.3. The molecular weight excluding hydrogens is 440 g/mol. The number of aromatic nitrogens is 2. The fourth-order valence-corrected chi connectivity index (χ4v) is 3.43. The van der Waals surface area contributed by atoms with Gasteiger partial charge in [0.25, 0.3) is 0 Å². The van der Waals surface area contributed by atoms with Crippen LogP contribution in [0.3, 0.4) is 0 Å². The first-order valence-corrected chi connectivity index (χ1v) is 10.7. The van der Waals surface area contributed by atoms with E-state index >= 15 is 0 Å². The van der Waals surface area contributed by atoms with Gasteiger partial charge in [-0.15, -0.1) is 0 Å². The minimum atomic E-state index is -1.05. The second kappa shape index (κ2) is 10.8. The summed E-state index contributed by atoms with van der Waals surface area (Å²) in [6.45, 7) is 0.703. The third-order valence-corrected chi connectivity index (χ3v) is 5.30. The highest BCUT2D eigenvalue weighted by molar-refractivity contribution is 6.30. The molecule has 0 aliphatic heterocycles. The first-order chi connectivity index (χ1) is 16.1. The number of aliphatic hydroxyl groups excluding tert-OH is 1. The molecule has 1 unspecified atom stereocenters. The molecule has 0 amide bonds. The van der Waals surface area contributed by atoms with Gasteiger partial charge in [-0.2, -0.15) is 0 Å². The molecule has 1 heterocycles. The molecule has 1 N–H and O–H groups in total. The molecule has 0 saturated heterocycles. The molecule has 0 aliphatic carbocycles. The predicted octanol–water partition coefficient (Wildman–Crippen LogP) is 5.38. The lowest BCUT2D eigenvalue weighted by molar-refractivity contribution is 0.212. The zero-order valence-electron chi connectivity index (χ0n) is 18.0. The van der Waals surface area contributed by atoms with Crippen LogP contribution in [-0.4, -0.2) is 22.2 Å². The molecule has 1 atom stereocenters. The first-order valence-electron chi connectivity index (χ1n) is 10.3. The van der Waals surface area contributed by atoms with Crippen LogP contribution in [0.2, 0.25) is 5.15 Å². The van der Waals surface area contributed by atoms with Crippen molar-refractivity contribution in [1.29, 1.82) is 0 Å². The van der Waals surface area contributed by atoms with Crippen molar-refractivity contribution in [1.82, 2.24) is 9.97 Å². The van der Waals surface area contributed by atoms with Crippen LogP contribution >= 0.6 is 11.6 Å². The van der Waals surface area contributed by atoms with Crippen LogP contribution in [0.25, 0.3) is 0 Å². The van der Waals surface area contributed by atoms with Crippen molar-refractivity contribution in [2.24, 2.45) is 0 Å². The average molecular weight is 463 g/mol. The van der Waals surface area contributed by atoms with Gasteiger partial charge in [0.15, 0.2) is 16.7 Å². The summed E-state index contributed by atoms with van der Waals surface area (Å²) in [5.74, 6) is 1.85. The van der Waals surface area contributed by atoms with Crippen molar-refractivity contribution in [2.75, 3.05) is 7.11 Å². The molecule has 0 fully saturated rings. The molecule has 168 valence electrons. The highest BCUT2D eigenvalue weighted by Gasteiger charge is 2.19. The van der Waals surface area contributed by atoms with Crippen molar-refractivity contribution in [3.63, 3.8) is 0 Å². The molecule has 4 rings (SSSR count). The Hall–Kier alpha value is -3.61. The van der Waals surface area contributed by atoms with E-state index in [1.165, 1.54) is 12.4 Å². The topological polar surface area (TPSA) is 73.7 Å². The molecule has 7 heteroatoms. The largest absolute Gasteiger partial charge is 0.497 e. The van der Waals surface area contributed by atoms with Crippen molar-refractivity contribution < 1.29 is 19.3 Å². The lowest BCUT2D eigenvalue weighted by Crippen LogP contribution is -2.06. The van der Waals surface area contributed by atoms with Crippen LogP contribution in [0, 0.1) is 0 Å². The van der Waals surface area contributed by atoms with Crippen LogP contribution in [0.4, 0.5) is 0 Å². The van der Waals surface area contributed by atoms with E-state index in [4.69, 9.17) is 25.8 Å². The maximum Gasteiger partial charge on any atom is 0.162 e. The van der Waals surface area contributed by atoms with Gasteiger partial charge in [0.1, 0.15) is 30.8 Å². The maximum absolute atomic E-state index is 10.8. The number of ether oxygens (including phenoxy) is 3. The summed E-state index contributed by atoms with van der Waals surface area (Å²) in [7, 11) is 1.63. The smallest absolute Gasteiger partial charge is 0.162 e. The van der Waals surface area contributed by atoms with Gasteiger partial charge in [-0.1, -0.05) is 60.1 Å². The molecule has 0 radical (unpaired) electrons. The number of nitrogens with zero attached hydrogens (tertiary/aromatic N) is 2. The molecule has 0 saturated carbocycles. The number of methoxy groups -OCH3 is 1. The van der Waals surface area contributed by atoms with Gasteiger partial charge in [0.05, 0.1) is 7.11 Å². The molecule has 4 aromatic rings. The maximum atomic E-state index is 10.8. The average Bonchev–Trinajstić information content (AvgIpc) is 2.87. The Morgan fingerprint density at radius 3 is 2.18 bits per heavy atom. The molecule has 33 heavy (non-hydrogen) atoms. The summed E-state index contributed by atoms with van der Waals surface area (Å²) in [6, 6.07) is 22.7. The van der Waals surface area contributed by atoms with Gasteiger partial charge in [-0.3, -0.25) is 4.98 Å². The Morgan fingerprint density at radius 2 is 1.48 bits per heavy atom. The number of rotatable bonds is 9. The summed E-state index contributed by atoms with van der Waals surface area (Å²) in [6.07, 6.45) is 1.91. The first kappa shape index (κ1) is 22.6. The number of aliphatic hydroxyl groups is 1. The quantitative estimate of drug-likeness (QED) is 0.360. The Labute approximate surface area is 197 Å². The van der Waals surface area contributed by atoms with E-state index in [0.29, 0.717) is 30.3 Å². The minimum absolute atomic E-state index is 0.150. The van der Waals surface area contributed by atoms with E-state index in [2.05, 4.69) is 9.97 Å². The van der Waals surface area contributed by atoms with Gasteiger partial charge in [-0.25, -0.2) is 4.98 Å². The third kappa shape index (κ3) is 5.80. The summed E-state index contributed by atoms with van der Waals surface area (Å²) >= 11 is 6.12. The number of halogens is 1. The van der Waals surface area contributed by atoms with E-state index in [1.54, 1.807) is 25.3 Å². The molecular formula is C26H23ClN2O4. The summed E-state index contributed by atoms with van der Waals surface area (Å²) in [4.78, 5) is 8.16. The Kier molecular flexibility index (Phi) is 7.40. The van der Waals surface area contributed by atoms with Crippen LogP contribution in [-0.2, 0) is 13.2 Å². The van der Waals surface area contributed by atoms with Gasteiger partial charge in [0, 0.05) is 12.4 Å². The van der Waals surface area contributed by atoms with Gasteiger partial charge in [0.2, 0.25) is 0 Å². The Bertz CT molecular complexity index is 1190. The van der Waals surface area contributed by atoms with Crippen LogP contribution in [0.15, 0.2) is 85.2 Å². The van der Waals surface area contributed by atoms with E-state index in [1.807, 2.05) is 54.6 Å². The fourth-order valence-electron chi connectivity index (χ4n) is 3.22. The lowest BCUT2D eigenvalue weighted by atomic mass is 10.1. The monoisotopic (exact) mass is 462 g/mol. The number of hydrogen-bond donors (Lipinski definition) is 1. The summed E-state index contributed by atoms with van der Waals surface area (Å²) in [5, 5.41) is 11.0. The fraction of sp³-hybridized carbons (Fsp3) is 0.154. The Balaban J connectivity index is 1.57. The minimum Gasteiger partial charge on any atom is -0.497 e. The second-order valence-corrected chi connectivity index (χ2v) is 7.61. The summed E-state index contributed by atoms with van der Waals surface area (Å²) in [5.41, 5.74) is 2.85.